The van der Waals surface area contributed by atoms with Crippen LogP contribution in [0.15, 0.2) is 48.7 Å². The van der Waals surface area contributed by atoms with Crippen LogP contribution in [-0.4, -0.2) is 43.2 Å². The number of carbonyl (C=O) groups is 1. The monoisotopic (exact) mass is 397 g/mol. The number of para-hydroxylation sites is 1. The van der Waals surface area contributed by atoms with Crippen LogP contribution in [0.25, 0.3) is 10.9 Å². The number of nitrogens with one attached hydrogen (secondary N) is 1. The second kappa shape index (κ2) is 8.87. The fraction of sp³-hybridized carbons (Fsp3) is 0.200. The maximum atomic E-state index is 12.5. The van der Waals surface area contributed by atoms with Crippen LogP contribution in [0.4, 0.5) is 5.69 Å². The molecular formula is C20H19N3O6. The predicted octanol–water partition coefficient (Wildman–Crippen LogP) is 2.97. The van der Waals surface area contributed by atoms with E-state index in [2.05, 4.69) is 10.3 Å². The quantitative estimate of drug-likeness (QED) is 0.353. The van der Waals surface area contributed by atoms with Gasteiger partial charge in [-0.1, -0.05) is 18.2 Å². The van der Waals surface area contributed by atoms with Gasteiger partial charge in [-0.15, -0.1) is 0 Å². The summed E-state index contributed by atoms with van der Waals surface area (Å²) in [5.74, 6) is 0.371. The Hall–Kier alpha value is -3.88. The molecule has 0 aliphatic carbocycles. The molecular weight excluding hydrogens is 378 g/mol. The number of carbonyl (C=O) groups excluding carboxylic acids is 1. The van der Waals surface area contributed by atoms with Gasteiger partial charge in [0.1, 0.15) is 23.4 Å². The van der Waals surface area contributed by atoms with Crippen LogP contribution in [-0.2, 0) is 0 Å². The Morgan fingerprint density at radius 3 is 2.55 bits per heavy atom. The molecule has 1 amide bonds. The number of pyridine rings is 1. The normalized spacial score (nSPS) is 10.4. The molecule has 9 heteroatoms. The van der Waals surface area contributed by atoms with E-state index in [1.807, 2.05) is 24.3 Å². The largest absolute Gasteiger partial charge is 0.493 e. The maximum Gasteiger partial charge on any atom is 0.286 e. The lowest BCUT2D eigenvalue weighted by molar-refractivity contribution is -0.385. The van der Waals surface area contributed by atoms with Crippen LogP contribution in [0.5, 0.6) is 17.2 Å². The highest BCUT2D eigenvalue weighted by atomic mass is 16.6. The highest BCUT2D eigenvalue weighted by Crippen LogP contribution is 2.34. The number of ether oxygens (including phenoxy) is 3. The zero-order valence-electron chi connectivity index (χ0n) is 15.9. The average molecular weight is 397 g/mol. The molecule has 2 aromatic carbocycles. The van der Waals surface area contributed by atoms with Crippen molar-refractivity contribution in [3.63, 3.8) is 0 Å². The minimum Gasteiger partial charge on any atom is -0.493 e. The highest BCUT2D eigenvalue weighted by Gasteiger charge is 2.24. The lowest BCUT2D eigenvalue weighted by atomic mass is 10.1. The van der Waals surface area contributed by atoms with Crippen molar-refractivity contribution in [1.29, 1.82) is 0 Å². The zero-order chi connectivity index (χ0) is 20.8. The van der Waals surface area contributed by atoms with Crippen LogP contribution < -0.4 is 19.5 Å². The molecule has 3 rings (SSSR count). The van der Waals surface area contributed by atoms with Gasteiger partial charge in [0, 0.05) is 17.6 Å². The Balaban J connectivity index is 1.68. The number of rotatable bonds is 8. The SMILES string of the molecule is COc1cc(C(=O)NCCOc2cccc3cccnc23)c([N+](=O)[O-])cc1OC. The van der Waals surface area contributed by atoms with Gasteiger partial charge in [0.15, 0.2) is 11.5 Å². The molecule has 150 valence electrons. The van der Waals surface area contributed by atoms with Gasteiger partial charge in [-0.2, -0.15) is 0 Å². The molecule has 0 aliphatic rings. The molecule has 0 atom stereocenters. The van der Waals surface area contributed by atoms with Crippen LogP contribution >= 0.6 is 0 Å². The summed E-state index contributed by atoms with van der Waals surface area (Å²) in [6.07, 6.45) is 1.67. The van der Waals surface area contributed by atoms with E-state index in [1.165, 1.54) is 20.3 Å². The maximum absolute atomic E-state index is 12.5. The van der Waals surface area contributed by atoms with E-state index in [1.54, 1.807) is 12.3 Å². The summed E-state index contributed by atoms with van der Waals surface area (Å²) in [6, 6.07) is 11.8. The second-order valence-corrected chi connectivity index (χ2v) is 5.92. The summed E-state index contributed by atoms with van der Waals surface area (Å²) < 4.78 is 15.9. The molecule has 0 saturated heterocycles. The predicted molar refractivity (Wildman–Crippen MR) is 106 cm³/mol. The number of nitro groups is 1. The van der Waals surface area contributed by atoms with E-state index in [0.717, 1.165) is 17.0 Å². The van der Waals surface area contributed by atoms with Gasteiger partial charge in [0.25, 0.3) is 11.6 Å². The Bertz CT molecular complexity index is 1050. The molecule has 3 aromatic rings. The Morgan fingerprint density at radius 2 is 1.83 bits per heavy atom. The number of fused-ring (bicyclic) bond motifs is 1. The molecule has 0 unspecified atom stereocenters. The Kier molecular flexibility index (Phi) is 6.08. The van der Waals surface area contributed by atoms with Crippen molar-refractivity contribution in [1.82, 2.24) is 10.3 Å². The first-order chi connectivity index (χ1) is 14.0. The fourth-order valence-electron chi connectivity index (χ4n) is 2.81. The first-order valence-corrected chi connectivity index (χ1v) is 8.70. The molecule has 1 N–H and O–H groups in total. The molecule has 0 saturated carbocycles. The van der Waals surface area contributed by atoms with E-state index < -0.39 is 10.8 Å². The van der Waals surface area contributed by atoms with Crippen molar-refractivity contribution in [2.24, 2.45) is 0 Å². The first-order valence-electron chi connectivity index (χ1n) is 8.70. The van der Waals surface area contributed by atoms with E-state index >= 15 is 0 Å². The number of benzene rings is 2. The van der Waals surface area contributed by atoms with E-state index in [-0.39, 0.29) is 35.9 Å². The third-order valence-corrected chi connectivity index (χ3v) is 4.18. The summed E-state index contributed by atoms with van der Waals surface area (Å²) in [4.78, 5) is 27.5. The molecule has 0 spiro atoms. The molecule has 29 heavy (non-hydrogen) atoms. The Labute approximate surface area is 166 Å². The van der Waals surface area contributed by atoms with Crippen LogP contribution in [0, 0.1) is 10.1 Å². The standard InChI is InChI=1S/C20H19N3O6/c1-27-17-11-14(15(23(25)26)12-18(17)28-2)20(24)22-9-10-29-16-7-3-5-13-6-4-8-21-19(13)16/h3-8,11-12H,9-10H2,1-2H3,(H,22,24). The minimum atomic E-state index is -0.644. The number of hydrogen-bond donors (Lipinski definition) is 1. The number of aromatic nitrogens is 1. The van der Waals surface area contributed by atoms with Crippen molar-refractivity contribution in [3.05, 3.63) is 64.3 Å². The van der Waals surface area contributed by atoms with Crippen molar-refractivity contribution in [2.75, 3.05) is 27.4 Å². The number of nitrogens with zero attached hydrogens (tertiary/aromatic N) is 2. The van der Waals surface area contributed by atoms with Gasteiger partial charge in [0.2, 0.25) is 0 Å². The zero-order valence-corrected chi connectivity index (χ0v) is 15.9. The Morgan fingerprint density at radius 1 is 1.10 bits per heavy atom. The minimum absolute atomic E-state index is 0.125. The van der Waals surface area contributed by atoms with Crippen molar-refractivity contribution in [2.45, 2.75) is 0 Å². The number of methoxy groups -OCH3 is 2. The van der Waals surface area contributed by atoms with Gasteiger partial charge >= 0.3 is 0 Å². The molecule has 0 fully saturated rings. The van der Waals surface area contributed by atoms with Gasteiger partial charge in [-0.05, 0) is 12.1 Å². The topological polar surface area (TPSA) is 113 Å². The van der Waals surface area contributed by atoms with Gasteiger partial charge in [-0.3, -0.25) is 19.9 Å². The fourth-order valence-corrected chi connectivity index (χ4v) is 2.81. The van der Waals surface area contributed by atoms with Crippen molar-refractivity contribution >= 4 is 22.5 Å². The molecule has 0 radical (unpaired) electrons. The molecule has 1 aromatic heterocycles. The third kappa shape index (κ3) is 4.34. The highest BCUT2D eigenvalue weighted by molar-refractivity contribution is 5.99. The molecule has 0 aliphatic heterocycles. The van der Waals surface area contributed by atoms with Crippen molar-refractivity contribution < 1.29 is 23.9 Å². The number of hydrogen-bond acceptors (Lipinski definition) is 7. The molecule has 0 bridgehead atoms. The van der Waals surface area contributed by atoms with E-state index in [9.17, 15) is 14.9 Å². The molecule has 1 heterocycles. The summed E-state index contributed by atoms with van der Waals surface area (Å²) in [6.45, 7) is 0.316. The average Bonchev–Trinajstić information content (AvgIpc) is 2.75. The second-order valence-electron chi connectivity index (χ2n) is 5.92. The van der Waals surface area contributed by atoms with Crippen LogP contribution in [0.1, 0.15) is 10.4 Å². The summed E-state index contributed by atoms with van der Waals surface area (Å²) >= 11 is 0. The summed E-state index contributed by atoms with van der Waals surface area (Å²) in [7, 11) is 2.75. The first kappa shape index (κ1) is 19.9. The summed E-state index contributed by atoms with van der Waals surface area (Å²) in [5, 5.41) is 14.9. The lowest BCUT2D eigenvalue weighted by Crippen LogP contribution is -2.28. The van der Waals surface area contributed by atoms with Gasteiger partial charge < -0.3 is 19.5 Å². The number of nitro benzene ring substituents is 1. The van der Waals surface area contributed by atoms with Crippen molar-refractivity contribution in [3.8, 4) is 17.2 Å². The molecule has 9 nitrogen and oxygen atoms in total. The smallest absolute Gasteiger partial charge is 0.286 e. The van der Waals surface area contributed by atoms with E-state index in [4.69, 9.17) is 14.2 Å². The lowest BCUT2D eigenvalue weighted by Gasteiger charge is -2.12. The van der Waals surface area contributed by atoms with E-state index in [0.29, 0.717) is 5.75 Å². The van der Waals surface area contributed by atoms with Crippen LogP contribution in [0.3, 0.4) is 0 Å². The number of amides is 1. The van der Waals surface area contributed by atoms with Gasteiger partial charge in [0.05, 0.1) is 31.8 Å². The van der Waals surface area contributed by atoms with Gasteiger partial charge in [-0.25, -0.2) is 0 Å². The van der Waals surface area contributed by atoms with Crippen LogP contribution in [0.2, 0.25) is 0 Å². The summed E-state index contributed by atoms with van der Waals surface area (Å²) in [5.41, 5.74) is 0.218. The third-order valence-electron chi connectivity index (χ3n) is 4.18.